The third kappa shape index (κ3) is 4.08. The van der Waals surface area contributed by atoms with E-state index in [0.29, 0.717) is 18.4 Å². The normalized spacial score (nSPS) is 18.2. The Kier molecular flexibility index (Phi) is 5.15. The zero-order valence-electron chi connectivity index (χ0n) is 11.8. The lowest BCUT2D eigenvalue weighted by molar-refractivity contribution is -0.137. The average Bonchev–Trinajstić information content (AvgIpc) is 2.92. The fraction of sp³-hybridized carbons (Fsp3) is 0.643. The number of ether oxygens (including phenoxy) is 1. The Hall–Kier alpha value is -1.85. The lowest BCUT2D eigenvalue weighted by Gasteiger charge is -2.17. The molecule has 1 saturated heterocycles. The van der Waals surface area contributed by atoms with Crippen LogP contribution in [-0.4, -0.2) is 40.7 Å². The number of nitrogens with zero attached hydrogens (tertiary/aromatic N) is 3. The molecule has 1 aliphatic heterocycles. The third-order valence-corrected chi connectivity index (χ3v) is 3.46. The van der Waals surface area contributed by atoms with Crippen LogP contribution in [0.4, 0.5) is 5.82 Å². The summed E-state index contributed by atoms with van der Waals surface area (Å²) in [6.45, 7) is 4.47. The van der Waals surface area contributed by atoms with E-state index in [0.717, 1.165) is 38.2 Å². The first kappa shape index (κ1) is 14.6. The molecule has 0 spiro atoms. The van der Waals surface area contributed by atoms with Gasteiger partial charge in [-0.25, -0.2) is 9.97 Å². The molecule has 1 N–H and O–H groups in total. The van der Waals surface area contributed by atoms with E-state index in [9.17, 15) is 4.79 Å². The van der Waals surface area contributed by atoms with Crippen molar-refractivity contribution in [2.45, 2.75) is 32.6 Å². The van der Waals surface area contributed by atoms with Crippen molar-refractivity contribution in [2.75, 3.05) is 24.6 Å². The van der Waals surface area contributed by atoms with Crippen LogP contribution in [0.1, 0.15) is 32.6 Å². The van der Waals surface area contributed by atoms with E-state index in [1.54, 1.807) is 0 Å². The van der Waals surface area contributed by atoms with Crippen molar-refractivity contribution >= 4 is 11.8 Å². The van der Waals surface area contributed by atoms with Crippen molar-refractivity contribution in [1.29, 1.82) is 0 Å². The first-order chi connectivity index (χ1) is 9.69. The lowest BCUT2D eigenvalue weighted by Crippen LogP contribution is -2.21. The van der Waals surface area contributed by atoms with Gasteiger partial charge in [0.25, 0.3) is 0 Å². The van der Waals surface area contributed by atoms with Crippen molar-refractivity contribution in [1.82, 2.24) is 9.97 Å². The lowest BCUT2D eigenvalue weighted by atomic mass is 10.0. The number of hydrogen-bond donors (Lipinski definition) is 1. The molecule has 6 heteroatoms. The molecule has 1 atom stereocenters. The van der Waals surface area contributed by atoms with Crippen LogP contribution in [-0.2, 0) is 4.79 Å². The van der Waals surface area contributed by atoms with Gasteiger partial charge in [0, 0.05) is 25.6 Å². The van der Waals surface area contributed by atoms with Gasteiger partial charge < -0.3 is 14.7 Å². The van der Waals surface area contributed by atoms with Crippen LogP contribution < -0.4 is 9.64 Å². The smallest absolute Gasteiger partial charge is 0.303 e. The summed E-state index contributed by atoms with van der Waals surface area (Å²) in [5.74, 6) is 1.18. The van der Waals surface area contributed by atoms with Gasteiger partial charge in [-0.15, -0.1) is 0 Å². The summed E-state index contributed by atoms with van der Waals surface area (Å²) >= 11 is 0. The SMILES string of the molecule is CCCOc1cc(N2CCC(CCC(=O)O)C2)ncn1. The van der Waals surface area contributed by atoms with Crippen LogP contribution in [0.3, 0.4) is 0 Å². The molecule has 20 heavy (non-hydrogen) atoms. The highest BCUT2D eigenvalue weighted by molar-refractivity contribution is 5.66. The predicted molar refractivity (Wildman–Crippen MR) is 75.0 cm³/mol. The second-order valence-corrected chi connectivity index (χ2v) is 5.10. The Bertz CT molecular complexity index is 453. The van der Waals surface area contributed by atoms with Gasteiger partial charge >= 0.3 is 5.97 Å². The van der Waals surface area contributed by atoms with E-state index in [1.807, 2.05) is 6.07 Å². The Morgan fingerprint density at radius 1 is 1.55 bits per heavy atom. The van der Waals surface area contributed by atoms with Crippen LogP contribution >= 0.6 is 0 Å². The second-order valence-electron chi connectivity index (χ2n) is 5.10. The summed E-state index contributed by atoms with van der Waals surface area (Å²) in [5.41, 5.74) is 0. The van der Waals surface area contributed by atoms with Gasteiger partial charge in [0.15, 0.2) is 0 Å². The van der Waals surface area contributed by atoms with Crippen molar-refractivity contribution in [2.24, 2.45) is 5.92 Å². The number of carboxylic acids is 1. The molecule has 1 aromatic heterocycles. The van der Waals surface area contributed by atoms with Gasteiger partial charge in [-0.1, -0.05) is 6.92 Å². The van der Waals surface area contributed by atoms with E-state index in [-0.39, 0.29) is 6.42 Å². The maximum atomic E-state index is 10.6. The van der Waals surface area contributed by atoms with Crippen LogP contribution in [0.5, 0.6) is 5.88 Å². The first-order valence-corrected chi connectivity index (χ1v) is 7.10. The van der Waals surface area contributed by atoms with Crippen molar-refractivity contribution < 1.29 is 14.6 Å². The largest absolute Gasteiger partial charge is 0.481 e. The zero-order chi connectivity index (χ0) is 14.4. The Balaban J connectivity index is 1.90. The highest BCUT2D eigenvalue weighted by atomic mass is 16.5. The molecular weight excluding hydrogens is 258 g/mol. The number of carbonyl (C=O) groups is 1. The summed E-state index contributed by atoms with van der Waals surface area (Å²) in [5, 5.41) is 8.72. The van der Waals surface area contributed by atoms with Crippen molar-refractivity contribution in [3.05, 3.63) is 12.4 Å². The molecular formula is C14H21N3O3. The molecule has 110 valence electrons. The highest BCUT2D eigenvalue weighted by Gasteiger charge is 2.24. The maximum absolute atomic E-state index is 10.6. The molecule has 0 saturated carbocycles. The monoisotopic (exact) mass is 279 g/mol. The fourth-order valence-corrected chi connectivity index (χ4v) is 2.39. The first-order valence-electron chi connectivity index (χ1n) is 7.10. The molecule has 6 nitrogen and oxygen atoms in total. The summed E-state index contributed by atoms with van der Waals surface area (Å²) in [6.07, 6.45) is 4.46. The third-order valence-electron chi connectivity index (χ3n) is 3.46. The Morgan fingerprint density at radius 2 is 2.40 bits per heavy atom. The van der Waals surface area contributed by atoms with E-state index in [4.69, 9.17) is 9.84 Å². The fourth-order valence-electron chi connectivity index (χ4n) is 2.39. The van der Waals surface area contributed by atoms with Gasteiger partial charge in [-0.05, 0) is 25.2 Å². The van der Waals surface area contributed by atoms with E-state index < -0.39 is 5.97 Å². The molecule has 2 heterocycles. The summed E-state index contributed by atoms with van der Waals surface area (Å²) in [4.78, 5) is 21.1. The minimum atomic E-state index is -0.722. The van der Waals surface area contributed by atoms with Crippen molar-refractivity contribution in [3.8, 4) is 5.88 Å². The molecule has 0 radical (unpaired) electrons. The molecule has 1 unspecified atom stereocenters. The summed E-state index contributed by atoms with van der Waals surface area (Å²) < 4.78 is 5.51. The maximum Gasteiger partial charge on any atom is 0.303 e. The average molecular weight is 279 g/mol. The predicted octanol–water partition coefficient (Wildman–Crippen LogP) is 1.96. The Labute approximate surface area is 118 Å². The molecule has 0 bridgehead atoms. The number of aromatic nitrogens is 2. The van der Waals surface area contributed by atoms with Crippen LogP contribution in [0.15, 0.2) is 12.4 Å². The number of carboxylic acid groups (broad SMARTS) is 1. The summed E-state index contributed by atoms with van der Waals surface area (Å²) in [6, 6.07) is 1.86. The standard InChI is InChI=1S/C14H21N3O3/c1-2-7-20-13-8-12(15-10-16-13)17-6-5-11(9-17)3-4-14(18)19/h8,10-11H,2-7,9H2,1H3,(H,18,19). The quantitative estimate of drug-likeness (QED) is 0.822. The van der Waals surface area contributed by atoms with Gasteiger partial charge in [0.1, 0.15) is 12.1 Å². The minimum Gasteiger partial charge on any atom is -0.481 e. The minimum absolute atomic E-state index is 0.243. The van der Waals surface area contributed by atoms with Crippen LogP contribution in [0.2, 0.25) is 0 Å². The van der Waals surface area contributed by atoms with Crippen molar-refractivity contribution in [3.63, 3.8) is 0 Å². The van der Waals surface area contributed by atoms with Gasteiger partial charge in [-0.2, -0.15) is 0 Å². The molecule has 2 rings (SSSR count). The Morgan fingerprint density at radius 3 is 3.15 bits per heavy atom. The topological polar surface area (TPSA) is 75.5 Å². The molecule has 1 fully saturated rings. The number of rotatable bonds is 7. The van der Waals surface area contributed by atoms with Gasteiger partial charge in [0.2, 0.25) is 5.88 Å². The molecule has 0 aromatic carbocycles. The number of hydrogen-bond acceptors (Lipinski definition) is 5. The van der Waals surface area contributed by atoms with E-state index >= 15 is 0 Å². The molecule has 1 aromatic rings. The molecule has 0 amide bonds. The number of anilines is 1. The molecule has 0 aliphatic carbocycles. The summed E-state index contributed by atoms with van der Waals surface area (Å²) in [7, 11) is 0. The van der Waals surface area contributed by atoms with Gasteiger partial charge in [0.05, 0.1) is 6.61 Å². The van der Waals surface area contributed by atoms with Crippen LogP contribution in [0, 0.1) is 5.92 Å². The highest BCUT2D eigenvalue weighted by Crippen LogP contribution is 2.26. The van der Waals surface area contributed by atoms with E-state index in [2.05, 4.69) is 21.8 Å². The van der Waals surface area contributed by atoms with E-state index in [1.165, 1.54) is 6.33 Å². The van der Waals surface area contributed by atoms with Crippen LogP contribution in [0.25, 0.3) is 0 Å². The second kappa shape index (κ2) is 7.07. The number of aliphatic carboxylic acids is 1. The molecule has 1 aliphatic rings. The van der Waals surface area contributed by atoms with Gasteiger partial charge in [-0.3, -0.25) is 4.79 Å². The zero-order valence-corrected chi connectivity index (χ0v) is 11.8.